The van der Waals surface area contributed by atoms with Crippen molar-refractivity contribution in [2.45, 2.75) is 20.8 Å². The summed E-state index contributed by atoms with van der Waals surface area (Å²) in [7, 11) is 0. The molecule has 1 aromatic heterocycles. The van der Waals surface area contributed by atoms with E-state index in [2.05, 4.69) is 10.5 Å². The van der Waals surface area contributed by atoms with Gasteiger partial charge in [0.2, 0.25) is 0 Å². The van der Waals surface area contributed by atoms with Crippen LogP contribution in [0.15, 0.2) is 9.57 Å². The molecule has 1 rings (SSSR count). The lowest BCUT2D eigenvalue weighted by atomic mass is 10.1. The first-order chi connectivity index (χ1) is 7.47. The molecule has 0 saturated heterocycles. The predicted molar refractivity (Wildman–Crippen MR) is 58.7 cm³/mol. The number of amidine groups is 1. The van der Waals surface area contributed by atoms with Crippen molar-refractivity contribution in [3.63, 3.8) is 0 Å². The summed E-state index contributed by atoms with van der Waals surface area (Å²) in [5.41, 5.74) is 6.55. The zero-order chi connectivity index (χ0) is 12.3. The number of nitrogens with zero attached hydrogens (tertiary/aromatic N) is 1. The minimum absolute atomic E-state index is 0.00155. The number of oxime groups is 1. The fraction of sp³-hybridized carbons (Fsp3) is 0.400. The molecule has 1 amide bonds. The molecule has 1 heterocycles. The van der Waals surface area contributed by atoms with Crippen LogP contribution >= 0.6 is 0 Å². The first-order valence-electron chi connectivity index (χ1n) is 4.78. The van der Waals surface area contributed by atoms with Gasteiger partial charge in [0, 0.05) is 5.56 Å². The molecule has 0 saturated carbocycles. The molecule has 1 aromatic rings. The van der Waals surface area contributed by atoms with Crippen LogP contribution in [0.2, 0.25) is 0 Å². The largest absolute Gasteiger partial charge is 0.466 e. The summed E-state index contributed by atoms with van der Waals surface area (Å²) in [6, 6.07) is 0. The molecule has 6 heteroatoms. The highest BCUT2D eigenvalue weighted by atomic mass is 16.4. The second kappa shape index (κ2) is 4.69. The number of hydrogen-bond donors (Lipinski definition) is 3. The Morgan fingerprint density at radius 2 is 2.06 bits per heavy atom. The third-order valence-electron chi connectivity index (χ3n) is 2.35. The SMILES string of the molecule is Cc1oc(C)c(C(=O)NCC(N)=NO)c1C. The Morgan fingerprint density at radius 1 is 1.44 bits per heavy atom. The summed E-state index contributed by atoms with van der Waals surface area (Å²) < 4.78 is 5.33. The molecule has 0 spiro atoms. The summed E-state index contributed by atoms with van der Waals surface area (Å²) in [6.07, 6.45) is 0. The van der Waals surface area contributed by atoms with Gasteiger partial charge in [0.15, 0.2) is 5.84 Å². The molecule has 88 valence electrons. The standard InChI is InChI=1S/C10H15N3O3/c1-5-6(2)16-7(3)9(5)10(14)12-4-8(11)13-15/h15H,4H2,1-3H3,(H2,11,13)(H,12,14). The maximum absolute atomic E-state index is 11.8. The highest BCUT2D eigenvalue weighted by molar-refractivity contribution is 5.99. The number of hydrogen-bond acceptors (Lipinski definition) is 4. The van der Waals surface area contributed by atoms with E-state index in [9.17, 15) is 4.79 Å². The fourth-order valence-corrected chi connectivity index (χ4v) is 1.42. The number of nitrogens with two attached hydrogens (primary N) is 1. The number of aryl methyl sites for hydroxylation is 2. The van der Waals surface area contributed by atoms with E-state index in [1.165, 1.54) is 0 Å². The summed E-state index contributed by atoms with van der Waals surface area (Å²) in [5.74, 6) is 0.931. The Bertz CT molecular complexity index is 435. The summed E-state index contributed by atoms with van der Waals surface area (Å²) in [6.45, 7) is 5.32. The Labute approximate surface area is 93.1 Å². The van der Waals surface area contributed by atoms with E-state index in [0.717, 1.165) is 5.56 Å². The second-order valence-corrected chi connectivity index (χ2v) is 3.49. The van der Waals surface area contributed by atoms with E-state index in [1.54, 1.807) is 13.8 Å². The molecule has 0 aliphatic rings. The van der Waals surface area contributed by atoms with Crippen LogP contribution in [0.4, 0.5) is 0 Å². The number of carbonyl (C=O) groups is 1. The van der Waals surface area contributed by atoms with Gasteiger partial charge in [-0.25, -0.2) is 0 Å². The molecule has 6 nitrogen and oxygen atoms in total. The first kappa shape index (κ1) is 12.1. The Hall–Kier alpha value is -1.98. The van der Waals surface area contributed by atoms with Gasteiger partial charge in [-0.2, -0.15) is 0 Å². The van der Waals surface area contributed by atoms with Crippen molar-refractivity contribution in [1.82, 2.24) is 5.32 Å². The molecule has 0 aliphatic heterocycles. The third kappa shape index (κ3) is 2.33. The molecular formula is C10H15N3O3. The van der Waals surface area contributed by atoms with Crippen molar-refractivity contribution in [3.8, 4) is 0 Å². The summed E-state index contributed by atoms with van der Waals surface area (Å²) >= 11 is 0. The zero-order valence-corrected chi connectivity index (χ0v) is 9.50. The molecule has 0 aromatic carbocycles. The minimum Gasteiger partial charge on any atom is -0.466 e. The lowest BCUT2D eigenvalue weighted by Gasteiger charge is -2.03. The van der Waals surface area contributed by atoms with E-state index in [4.69, 9.17) is 15.4 Å². The van der Waals surface area contributed by atoms with Gasteiger partial charge in [0.05, 0.1) is 12.1 Å². The van der Waals surface area contributed by atoms with E-state index < -0.39 is 0 Å². The topological polar surface area (TPSA) is 101 Å². The average Bonchev–Trinajstić information content (AvgIpc) is 2.49. The van der Waals surface area contributed by atoms with Crippen LogP contribution in [0, 0.1) is 20.8 Å². The Kier molecular flexibility index (Phi) is 3.55. The molecule has 0 bridgehead atoms. The van der Waals surface area contributed by atoms with Crippen molar-refractivity contribution in [2.75, 3.05) is 6.54 Å². The minimum atomic E-state index is -0.293. The van der Waals surface area contributed by atoms with Gasteiger partial charge in [-0.05, 0) is 20.8 Å². The number of nitrogens with one attached hydrogen (secondary N) is 1. The van der Waals surface area contributed by atoms with Gasteiger partial charge < -0.3 is 20.7 Å². The van der Waals surface area contributed by atoms with Crippen LogP contribution in [-0.2, 0) is 0 Å². The maximum atomic E-state index is 11.8. The molecule has 16 heavy (non-hydrogen) atoms. The number of rotatable bonds is 3. The van der Waals surface area contributed by atoms with Gasteiger partial charge in [0.1, 0.15) is 11.5 Å². The van der Waals surface area contributed by atoms with Gasteiger partial charge in [0.25, 0.3) is 5.91 Å². The third-order valence-corrected chi connectivity index (χ3v) is 2.35. The van der Waals surface area contributed by atoms with Gasteiger partial charge in [-0.3, -0.25) is 4.79 Å². The summed E-state index contributed by atoms with van der Waals surface area (Å²) in [4.78, 5) is 11.8. The normalized spacial score (nSPS) is 11.6. The van der Waals surface area contributed by atoms with Gasteiger partial charge in [-0.15, -0.1) is 0 Å². The molecule has 4 N–H and O–H groups in total. The molecule has 0 unspecified atom stereocenters. The molecular weight excluding hydrogens is 210 g/mol. The van der Waals surface area contributed by atoms with Gasteiger partial charge >= 0.3 is 0 Å². The summed E-state index contributed by atoms with van der Waals surface area (Å²) in [5, 5.41) is 13.6. The van der Waals surface area contributed by atoms with Crippen molar-refractivity contribution in [1.29, 1.82) is 0 Å². The lowest BCUT2D eigenvalue weighted by molar-refractivity contribution is 0.0957. The van der Waals surface area contributed by atoms with E-state index >= 15 is 0 Å². The highest BCUT2D eigenvalue weighted by Gasteiger charge is 2.18. The van der Waals surface area contributed by atoms with Crippen molar-refractivity contribution >= 4 is 11.7 Å². The molecule has 0 aliphatic carbocycles. The fourth-order valence-electron chi connectivity index (χ4n) is 1.42. The monoisotopic (exact) mass is 225 g/mol. The van der Waals surface area contributed by atoms with Crippen molar-refractivity contribution in [2.24, 2.45) is 10.9 Å². The number of amides is 1. The van der Waals surface area contributed by atoms with Crippen LogP contribution in [0.1, 0.15) is 27.4 Å². The van der Waals surface area contributed by atoms with Crippen molar-refractivity contribution in [3.05, 3.63) is 22.6 Å². The quantitative estimate of drug-likeness (QED) is 0.305. The molecule has 0 fully saturated rings. The number of carbonyl (C=O) groups excluding carboxylic acids is 1. The molecule has 0 radical (unpaired) electrons. The number of furan rings is 1. The Morgan fingerprint density at radius 3 is 2.50 bits per heavy atom. The maximum Gasteiger partial charge on any atom is 0.255 e. The Balaban J connectivity index is 2.81. The smallest absolute Gasteiger partial charge is 0.255 e. The van der Waals surface area contributed by atoms with E-state index in [-0.39, 0.29) is 18.3 Å². The van der Waals surface area contributed by atoms with Gasteiger partial charge in [-0.1, -0.05) is 5.16 Å². The van der Waals surface area contributed by atoms with Crippen LogP contribution in [0.25, 0.3) is 0 Å². The molecule has 0 atom stereocenters. The van der Waals surface area contributed by atoms with Crippen LogP contribution in [-0.4, -0.2) is 23.5 Å². The lowest BCUT2D eigenvalue weighted by Crippen LogP contribution is -2.33. The van der Waals surface area contributed by atoms with Crippen molar-refractivity contribution < 1.29 is 14.4 Å². The predicted octanol–water partition coefficient (Wildman–Crippen LogP) is 0.681. The van der Waals surface area contributed by atoms with Crippen LogP contribution in [0.3, 0.4) is 0 Å². The van der Waals surface area contributed by atoms with E-state index in [0.29, 0.717) is 17.1 Å². The zero-order valence-electron chi connectivity index (χ0n) is 9.50. The van der Waals surface area contributed by atoms with E-state index in [1.807, 2.05) is 6.92 Å². The first-order valence-corrected chi connectivity index (χ1v) is 4.78. The van der Waals surface area contributed by atoms with Crippen LogP contribution in [0.5, 0.6) is 0 Å². The highest BCUT2D eigenvalue weighted by Crippen LogP contribution is 2.20. The van der Waals surface area contributed by atoms with Crippen LogP contribution < -0.4 is 11.1 Å². The second-order valence-electron chi connectivity index (χ2n) is 3.49. The average molecular weight is 225 g/mol.